The fraction of sp³-hybridized carbons (Fsp3) is 1.00. The molecule has 0 spiro atoms. The van der Waals surface area contributed by atoms with Crippen LogP contribution in [0.2, 0.25) is 3.67 Å². The van der Waals surface area contributed by atoms with Crippen molar-refractivity contribution in [2.45, 2.75) is 100.0 Å². The van der Waals surface area contributed by atoms with Gasteiger partial charge in [-0.15, -0.1) is 0 Å². The SMILES string of the molecule is OCCCCCCCCCCCCCCCC[CH2][Na]. The molecule has 2 heteroatoms. The number of hydrogen-bond donors (Lipinski definition) is 1. The summed E-state index contributed by atoms with van der Waals surface area (Å²) in [4.78, 5) is 0. The van der Waals surface area contributed by atoms with Crippen molar-refractivity contribution in [2.24, 2.45) is 0 Å². The number of rotatable bonds is 16. The third-order valence-electron chi connectivity index (χ3n) is 4.01. The molecule has 0 aliphatic rings. The van der Waals surface area contributed by atoms with Crippen LogP contribution in [0, 0.1) is 0 Å². The first kappa shape index (κ1) is 20.0. The van der Waals surface area contributed by atoms with Crippen molar-refractivity contribution in [3.05, 3.63) is 0 Å². The molecule has 0 amide bonds. The Kier molecular flexibility index (Phi) is 19.9. The van der Waals surface area contributed by atoms with Gasteiger partial charge in [0.25, 0.3) is 0 Å². The van der Waals surface area contributed by atoms with Gasteiger partial charge < -0.3 is 5.11 Å². The molecule has 1 nitrogen and oxygen atoms in total. The Morgan fingerprint density at radius 1 is 0.421 bits per heavy atom. The number of unbranched alkanes of at least 4 members (excludes halogenated alkanes) is 14. The third-order valence-corrected chi connectivity index (χ3v) is 4.72. The summed E-state index contributed by atoms with van der Waals surface area (Å²) in [5.74, 6) is 0. The van der Waals surface area contributed by atoms with Crippen molar-refractivity contribution in [1.82, 2.24) is 0 Å². The maximum atomic E-state index is 8.67. The Morgan fingerprint density at radius 2 is 0.684 bits per heavy atom. The van der Waals surface area contributed by atoms with E-state index in [1.165, 1.54) is 121 Å². The summed E-state index contributed by atoms with van der Waals surface area (Å²) in [6.07, 6.45) is 21.0. The molecule has 0 aliphatic carbocycles. The average Bonchev–Trinajstić information content (AvgIpc) is 2.43. The zero-order valence-electron chi connectivity index (χ0n) is 13.5. The van der Waals surface area contributed by atoms with Crippen molar-refractivity contribution in [3.63, 3.8) is 0 Å². The van der Waals surface area contributed by atoms with E-state index in [2.05, 4.69) is 0 Å². The predicted molar refractivity (Wildman–Crippen MR) is 86.9 cm³/mol. The topological polar surface area (TPSA) is 20.2 Å². The second-order valence-corrected chi connectivity index (χ2v) is 7.03. The maximum absolute atomic E-state index is 8.67. The summed E-state index contributed by atoms with van der Waals surface area (Å²) in [5, 5.41) is 8.67. The van der Waals surface area contributed by atoms with Gasteiger partial charge in [-0.25, -0.2) is 0 Å². The molecule has 19 heavy (non-hydrogen) atoms. The molecule has 0 aromatic rings. The molecule has 1 N–H and O–H groups in total. The van der Waals surface area contributed by atoms with Gasteiger partial charge in [-0.2, -0.15) is 0 Å². The first-order chi connectivity index (χ1) is 9.41. The molecular formula is C17H35NaO. The summed E-state index contributed by atoms with van der Waals surface area (Å²) in [6, 6.07) is 0. The first-order valence-corrected chi connectivity index (χ1v) is 10.4. The molecule has 0 saturated carbocycles. The van der Waals surface area contributed by atoms with Crippen LogP contribution in [0.4, 0.5) is 0 Å². The van der Waals surface area contributed by atoms with E-state index >= 15 is 0 Å². The van der Waals surface area contributed by atoms with E-state index in [1.54, 1.807) is 0 Å². The van der Waals surface area contributed by atoms with Crippen molar-refractivity contribution in [1.29, 1.82) is 0 Å². The van der Waals surface area contributed by atoms with Crippen LogP contribution in [0.5, 0.6) is 0 Å². The molecular weight excluding hydrogens is 243 g/mol. The fourth-order valence-electron chi connectivity index (χ4n) is 2.66. The molecule has 0 unspecified atom stereocenters. The fourth-order valence-corrected chi connectivity index (χ4v) is 3.16. The third kappa shape index (κ3) is 19.0. The summed E-state index contributed by atoms with van der Waals surface area (Å²) in [7, 11) is 0. The summed E-state index contributed by atoms with van der Waals surface area (Å²) in [5.41, 5.74) is 0. The van der Waals surface area contributed by atoms with Gasteiger partial charge in [-0.1, -0.05) is 19.3 Å². The Bertz CT molecular complexity index is 134. The van der Waals surface area contributed by atoms with Crippen LogP contribution >= 0.6 is 0 Å². The van der Waals surface area contributed by atoms with Crippen LogP contribution in [0.25, 0.3) is 0 Å². The summed E-state index contributed by atoms with van der Waals surface area (Å²) in [6.45, 7) is 0.375. The zero-order chi connectivity index (χ0) is 14.0. The van der Waals surface area contributed by atoms with Gasteiger partial charge >= 0.3 is 102 Å². The molecule has 0 atom stereocenters. The van der Waals surface area contributed by atoms with Crippen LogP contribution in [-0.4, -0.2) is 39.6 Å². The molecule has 0 heterocycles. The van der Waals surface area contributed by atoms with Crippen molar-refractivity contribution in [3.8, 4) is 0 Å². The molecule has 0 saturated heterocycles. The van der Waals surface area contributed by atoms with Gasteiger partial charge in [-0.3, -0.25) is 0 Å². The molecule has 0 aromatic heterocycles. The standard InChI is InChI=1S/C17H35O.Na/c1-2-3-4-5-6-7-8-9-10-11-12-13-14-15-16-17-18;/h18H,1-17H2;. The van der Waals surface area contributed by atoms with Crippen LogP contribution in [0.15, 0.2) is 0 Å². The Labute approximate surface area is 139 Å². The molecule has 0 radical (unpaired) electrons. The second kappa shape index (κ2) is 19.0. The molecule has 0 fully saturated rings. The minimum absolute atomic E-state index is 0.375. The number of aliphatic hydroxyl groups is 1. The van der Waals surface area contributed by atoms with Crippen molar-refractivity contribution >= 4 is 27.9 Å². The van der Waals surface area contributed by atoms with E-state index in [1.807, 2.05) is 0 Å². The Morgan fingerprint density at radius 3 is 0.947 bits per heavy atom. The van der Waals surface area contributed by atoms with Gasteiger partial charge in [0.2, 0.25) is 0 Å². The number of aliphatic hydroxyl groups excluding tert-OH is 1. The predicted octanol–water partition coefficient (Wildman–Crippen LogP) is 5.42. The molecule has 0 rings (SSSR count). The van der Waals surface area contributed by atoms with E-state index in [0.717, 1.165) is 6.42 Å². The minimum atomic E-state index is 0.375. The van der Waals surface area contributed by atoms with Crippen LogP contribution in [0.1, 0.15) is 96.3 Å². The van der Waals surface area contributed by atoms with E-state index < -0.39 is 0 Å². The molecule has 0 aromatic carbocycles. The second-order valence-electron chi connectivity index (χ2n) is 6.03. The molecule has 0 bridgehead atoms. The van der Waals surface area contributed by atoms with Crippen LogP contribution in [0.3, 0.4) is 0 Å². The van der Waals surface area contributed by atoms with Gasteiger partial charge in [0.15, 0.2) is 0 Å². The van der Waals surface area contributed by atoms with Gasteiger partial charge in [0, 0.05) is 6.61 Å². The quantitative estimate of drug-likeness (QED) is 0.295. The monoisotopic (exact) mass is 278 g/mol. The summed E-state index contributed by atoms with van der Waals surface area (Å²) >= 11 is 1.40. The van der Waals surface area contributed by atoms with Crippen LogP contribution in [-0.2, 0) is 0 Å². The van der Waals surface area contributed by atoms with Gasteiger partial charge in [0.05, 0.1) is 0 Å². The van der Waals surface area contributed by atoms with Gasteiger partial charge in [-0.05, 0) is 6.42 Å². The van der Waals surface area contributed by atoms with E-state index in [4.69, 9.17) is 5.11 Å². The first-order valence-electron chi connectivity index (χ1n) is 9.02. The van der Waals surface area contributed by atoms with E-state index in [-0.39, 0.29) is 0 Å². The Balaban J connectivity index is 2.88. The summed E-state index contributed by atoms with van der Waals surface area (Å²) < 4.78 is 1.50. The normalized spacial score (nSPS) is 11.1. The number of hydrogen-bond acceptors (Lipinski definition) is 1. The average molecular weight is 278 g/mol. The Hall–Kier alpha value is 0.960. The van der Waals surface area contributed by atoms with E-state index in [0.29, 0.717) is 6.61 Å². The zero-order valence-corrected chi connectivity index (χ0v) is 15.5. The molecule has 0 aliphatic heterocycles. The van der Waals surface area contributed by atoms with Crippen molar-refractivity contribution in [2.75, 3.05) is 6.61 Å². The molecule has 110 valence electrons. The van der Waals surface area contributed by atoms with Crippen molar-refractivity contribution < 1.29 is 5.11 Å². The van der Waals surface area contributed by atoms with Gasteiger partial charge in [0.1, 0.15) is 0 Å². The van der Waals surface area contributed by atoms with Crippen LogP contribution < -0.4 is 0 Å². The van der Waals surface area contributed by atoms with E-state index in [9.17, 15) is 0 Å².